The second-order valence-corrected chi connectivity index (χ2v) is 8.46. The summed E-state index contributed by atoms with van der Waals surface area (Å²) in [6.45, 7) is 7.67. The fourth-order valence-corrected chi connectivity index (χ4v) is 3.64. The predicted octanol–water partition coefficient (Wildman–Crippen LogP) is 5.39. The van der Waals surface area contributed by atoms with E-state index < -0.39 is 11.9 Å². The molecule has 1 saturated heterocycles. The van der Waals surface area contributed by atoms with Gasteiger partial charge in [0.25, 0.3) is 0 Å². The van der Waals surface area contributed by atoms with Crippen LogP contribution in [-0.2, 0) is 9.59 Å². The number of benzene rings is 1. The van der Waals surface area contributed by atoms with Gasteiger partial charge in [-0.3, -0.25) is 0 Å². The van der Waals surface area contributed by atoms with Crippen LogP contribution in [0.3, 0.4) is 0 Å². The minimum absolute atomic E-state index is 0.372. The average molecular weight is 463 g/mol. The van der Waals surface area contributed by atoms with Gasteiger partial charge in [-0.25, -0.2) is 9.59 Å². The van der Waals surface area contributed by atoms with E-state index in [1.807, 2.05) is 0 Å². The molecule has 0 spiro atoms. The maximum Gasteiger partial charge on any atom is 0.328 e. The highest BCUT2D eigenvalue weighted by Crippen LogP contribution is 2.24. The second kappa shape index (κ2) is 18.0. The molecule has 0 saturated carbocycles. The topological polar surface area (TPSA) is 108 Å². The number of aryl methyl sites for hydroxylation is 1. The zero-order chi connectivity index (χ0) is 24.3. The number of aliphatic carboxylic acids is 2. The molecule has 4 N–H and O–H groups in total. The van der Waals surface area contributed by atoms with E-state index >= 15 is 0 Å². The highest BCUT2D eigenvalue weighted by atomic mass is 16.5. The molecule has 33 heavy (non-hydrogen) atoms. The van der Waals surface area contributed by atoms with Crippen molar-refractivity contribution in [3.05, 3.63) is 35.9 Å². The Morgan fingerprint density at radius 1 is 1.00 bits per heavy atom. The number of rotatable bonds is 14. The zero-order valence-electron chi connectivity index (χ0n) is 20.3. The Kier molecular flexibility index (Phi) is 15.5. The number of unbranched alkanes of at least 4 members (excludes halogenated alkanes) is 7. The van der Waals surface area contributed by atoms with Crippen LogP contribution in [0.5, 0.6) is 5.75 Å². The zero-order valence-corrected chi connectivity index (χ0v) is 20.3. The number of hydrogen-bond donors (Lipinski definition) is 4. The SMILES string of the molecule is CCCCCCCCCCNc1ccc(OC2CCNCC2)cc1C.O=C(O)/C=C/C(=O)O. The number of nitrogens with one attached hydrogen (secondary N) is 2. The van der Waals surface area contributed by atoms with Crippen molar-refractivity contribution < 1.29 is 24.5 Å². The summed E-state index contributed by atoms with van der Waals surface area (Å²) < 4.78 is 6.12. The number of carbonyl (C=O) groups is 2. The first-order chi connectivity index (χ1) is 15.9. The van der Waals surface area contributed by atoms with Crippen LogP contribution >= 0.6 is 0 Å². The fraction of sp³-hybridized carbons (Fsp3) is 0.615. The lowest BCUT2D eigenvalue weighted by Crippen LogP contribution is -2.34. The molecule has 0 atom stereocenters. The lowest BCUT2D eigenvalue weighted by molar-refractivity contribution is -0.134. The van der Waals surface area contributed by atoms with E-state index in [1.165, 1.54) is 62.6 Å². The van der Waals surface area contributed by atoms with E-state index in [9.17, 15) is 9.59 Å². The van der Waals surface area contributed by atoms with Crippen molar-refractivity contribution >= 4 is 17.6 Å². The second-order valence-electron chi connectivity index (χ2n) is 8.46. The van der Waals surface area contributed by atoms with Crippen LogP contribution in [0, 0.1) is 6.92 Å². The van der Waals surface area contributed by atoms with Crippen LogP contribution in [-0.4, -0.2) is 47.9 Å². The van der Waals surface area contributed by atoms with E-state index in [-0.39, 0.29) is 0 Å². The fourth-order valence-electron chi connectivity index (χ4n) is 3.64. The molecular formula is C26H42N2O5. The molecule has 1 aliphatic heterocycles. The Balaban J connectivity index is 0.000000582. The minimum atomic E-state index is -1.26. The van der Waals surface area contributed by atoms with Crippen LogP contribution in [0.25, 0.3) is 0 Å². The number of carboxylic acid groups (broad SMARTS) is 2. The lowest BCUT2D eigenvalue weighted by Gasteiger charge is -2.24. The Labute approximate surface area is 198 Å². The molecule has 0 aromatic heterocycles. The van der Waals surface area contributed by atoms with E-state index in [4.69, 9.17) is 14.9 Å². The van der Waals surface area contributed by atoms with Crippen molar-refractivity contribution in [1.29, 1.82) is 0 Å². The summed E-state index contributed by atoms with van der Waals surface area (Å²) in [4.78, 5) is 19.1. The van der Waals surface area contributed by atoms with Gasteiger partial charge in [0.05, 0.1) is 0 Å². The van der Waals surface area contributed by atoms with Gasteiger partial charge < -0.3 is 25.6 Å². The molecule has 186 valence electrons. The quantitative estimate of drug-likeness (QED) is 0.217. The Hall–Kier alpha value is -2.54. The number of carboxylic acids is 2. The van der Waals surface area contributed by atoms with Crippen molar-refractivity contribution in [2.45, 2.75) is 84.2 Å². The standard InChI is InChI=1S/C22H38N2O.C4H4O4/c1-3-4-5-6-7-8-9-10-15-24-22-12-11-21(18-19(22)2)25-20-13-16-23-17-14-20;5-3(6)1-2-4(7)8/h11-12,18,20,23-24H,3-10,13-17H2,1-2H3;1-2H,(H,5,6)(H,7,8)/b;2-1+. The predicted molar refractivity (Wildman–Crippen MR) is 133 cm³/mol. The van der Waals surface area contributed by atoms with Gasteiger partial charge in [0, 0.05) is 24.4 Å². The van der Waals surface area contributed by atoms with Crippen molar-refractivity contribution in [3.8, 4) is 5.75 Å². The lowest BCUT2D eigenvalue weighted by atomic mass is 10.1. The third-order valence-corrected chi connectivity index (χ3v) is 5.50. The summed E-state index contributed by atoms with van der Waals surface area (Å²) in [5, 5.41) is 22.6. The van der Waals surface area contributed by atoms with E-state index in [2.05, 4.69) is 42.7 Å². The van der Waals surface area contributed by atoms with Gasteiger partial charge in [-0.05, 0) is 63.0 Å². The van der Waals surface area contributed by atoms with Crippen LogP contribution < -0.4 is 15.4 Å². The van der Waals surface area contributed by atoms with Crippen LogP contribution in [0.15, 0.2) is 30.4 Å². The summed E-state index contributed by atoms with van der Waals surface area (Å²) in [5.41, 5.74) is 2.53. The Morgan fingerprint density at radius 3 is 2.12 bits per heavy atom. The van der Waals surface area contributed by atoms with Crippen molar-refractivity contribution in [2.24, 2.45) is 0 Å². The van der Waals surface area contributed by atoms with Crippen LogP contribution in [0.2, 0.25) is 0 Å². The molecule has 2 rings (SSSR count). The van der Waals surface area contributed by atoms with Gasteiger partial charge >= 0.3 is 11.9 Å². The summed E-state index contributed by atoms with van der Waals surface area (Å²) in [6.07, 6.45) is 14.7. The molecule has 7 nitrogen and oxygen atoms in total. The molecule has 7 heteroatoms. The molecular weight excluding hydrogens is 420 g/mol. The van der Waals surface area contributed by atoms with Crippen molar-refractivity contribution in [1.82, 2.24) is 5.32 Å². The highest BCUT2D eigenvalue weighted by molar-refractivity contribution is 5.89. The molecule has 1 aromatic carbocycles. The molecule has 0 unspecified atom stereocenters. The Bertz CT molecular complexity index is 699. The molecule has 0 aliphatic carbocycles. The van der Waals surface area contributed by atoms with Gasteiger partial charge in [-0.2, -0.15) is 0 Å². The smallest absolute Gasteiger partial charge is 0.328 e. The normalized spacial score (nSPS) is 13.9. The minimum Gasteiger partial charge on any atom is -0.490 e. The molecule has 0 bridgehead atoms. The summed E-state index contributed by atoms with van der Waals surface area (Å²) in [7, 11) is 0. The van der Waals surface area contributed by atoms with Crippen LogP contribution in [0.4, 0.5) is 5.69 Å². The van der Waals surface area contributed by atoms with Gasteiger partial charge in [0.2, 0.25) is 0 Å². The summed E-state index contributed by atoms with van der Waals surface area (Å²) in [5.74, 6) is -1.50. The molecule has 1 heterocycles. The first-order valence-electron chi connectivity index (χ1n) is 12.3. The van der Waals surface area contributed by atoms with Crippen molar-refractivity contribution in [2.75, 3.05) is 25.0 Å². The van der Waals surface area contributed by atoms with E-state index in [0.29, 0.717) is 18.3 Å². The number of piperidine rings is 1. The summed E-state index contributed by atoms with van der Waals surface area (Å²) in [6, 6.07) is 6.47. The van der Waals surface area contributed by atoms with E-state index in [0.717, 1.165) is 38.2 Å². The van der Waals surface area contributed by atoms with Gasteiger partial charge in [0.15, 0.2) is 0 Å². The molecule has 1 fully saturated rings. The van der Waals surface area contributed by atoms with Crippen LogP contribution in [0.1, 0.15) is 76.7 Å². The molecule has 1 aliphatic rings. The monoisotopic (exact) mass is 462 g/mol. The molecule has 1 aromatic rings. The largest absolute Gasteiger partial charge is 0.490 e. The Morgan fingerprint density at radius 2 is 1.58 bits per heavy atom. The third-order valence-electron chi connectivity index (χ3n) is 5.50. The molecule has 0 amide bonds. The van der Waals surface area contributed by atoms with Gasteiger partial charge in [0.1, 0.15) is 11.9 Å². The van der Waals surface area contributed by atoms with Gasteiger partial charge in [-0.1, -0.05) is 51.9 Å². The third kappa shape index (κ3) is 15.0. The molecule has 0 radical (unpaired) electrons. The number of hydrogen-bond acceptors (Lipinski definition) is 5. The maximum absolute atomic E-state index is 9.55. The number of ether oxygens (including phenoxy) is 1. The maximum atomic E-state index is 9.55. The summed E-state index contributed by atoms with van der Waals surface area (Å²) >= 11 is 0. The van der Waals surface area contributed by atoms with E-state index in [1.54, 1.807) is 0 Å². The number of anilines is 1. The van der Waals surface area contributed by atoms with Crippen molar-refractivity contribution in [3.63, 3.8) is 0 Å². The highest BCUT2D eigenvalue weighted by Gasteiger charge is 2.14. The first-order valence-corrected chi connectivity index (χ1v) is 12.3. The first kappa shape index (κ1) is 28.5. The van der Waals surface area contributed by atoms with Gasteiger partial charge in [-0.15, -0.1) is 0 Å². The average Bonchev–Trinajstić information content (AvgIpc) is 2.79.